The van der Waals surface area contributed by atoms with Gasteiger partial charge in [0.15, 0.2) is 23.5 Å². The van der Waals surface area contributed by atoms with Gasteiger partial charge in [0.25, 0.3) is 5.91 Å². The first-order valence-electron chi connectivity index (χ1n) is 10.8. The Bertz CT molecular complexity index is 1410. The van der Waals surface area contributed by atoms with Crippen molar-refractivity contribution < 1.29 is 28.2 Å². The van der Waals surface area contributed by atoms with Gasteiger partial charge in [0.05, 0.1) is 32.3 Å². The van der Waals surface area contributed by atoms with Crippen molar-refractivity contribution in [1.82, 2.24) is 5.32 Å². The van der Waals surface area contributed by atoms with Crippen LogP contribution in [0.4, 0.5) is 0 Å². The predicted molar refractivity (Wildman–Crippen MR) is 131 cm³/mol. The smallest absolute Gasteiger partial charge is 0.258 e. The minimum absolute atomic E-state index is 0.186. The molecule has 3 aromatic carbocycles. The lowest BCUT2D eigenvalue weighted by Crippen LogP contribution is -2.28. The molecule has 8 nitrogen and oxygen atoms in total. The Morgan fingerprint density at radius 3 is 2.43 bits per heavy atom. The summed E-state index contributed by atoms with van der Waals surface area (Å²) in [6, 6.07) is 17.5. The molecule has 0 unspecified atom stereocenters. The fourth-order valence-corrected chi connectivity index (χ4v) is 3.64. The highest BCUT2D eigenvalue weighted by molar-refractivity contribution is 5.83. The second kappa shape index (κ2) is 10.6. The molecule has 0 fully saturated rings. The predicted octanol–water partition coefficient (Wildman–Crippen LogP) is 4.18. The largest absolute Gasteiger partial charge is 0.496 e. The Hall–Kier alpha value is -4.46. The molecular formula is C27H25NO7. The Labute approximate surface area is 202 Å². The van der Waals surface area contributed by atoms with Gasteiger partial charge in [-0.05, 0) is 35.9 Å². The zero-order valence-corrected chi connectivity index (χ0v) is 19.6. The molecule has 8 heteroatoms. The molecular weight excluding hydrogens is 450 g/mol. The van der Waals surface area contributed by atoms with E-state index >= 15 is 0 Å². The van der Waals surface area contributed by atoms with Gasteiger partial charge >= 0.3 is 0 Å². The van der Waals surface area contributed by atoms with Crippen LogP contribution in [0.5, 0.6) is 23.0 Å². The summed E-state index contributed by atoms with van der Waals surface area (Å²) in [7, 11) is 4.66. The SMILES string of the molecule is COc1ccccc1CNC(=O)COc1ccc2c(=O)c(-c3ccc(OC)c(OC)c3)coc2c1. The molecule has 0 aliphatic rings. The van der Waals surface area contributed by atoms with Gasteiger partial charge in [0.2, 0.25) is 0 Å². The molecule has 0 bridgehead atoms. The van der Waals surface area contributed by atoms with Gasteiger partial charge in [-0.25, -0.2) is 0 Å². The zero-order chi connectivity index (χ0) is 24.8. The van der Waals surface area contributed by atoms with Gasteiger partial charge in [-0.2, -0.15) is 0 Å². The molecule has 0 aliphatic carbocycles. The molecule has 0 aliphatic heterocycles. The van der Waals surface area contributed by atoms with Crippen molar-refractivity contribution in [1.29, 1.82) is 0 Å². The molecule has 0 saturated heterocycles. The van der Waals surface area contributed by atoms with E-state index in [0.717, 1.165) is 5.56 Å². The van der Waals surface area contributed by atoms with Crippen LogP contribution < -0.4 is 29.7 Å². The van der Waals surface area contributed by atoms with Crippen LogP contribution in [-0.4, -0.2) is 33.8 Å². The summed E-state index contributed by atoms with van der Waals surface area (Å²) < 4.78 is 27.2. The fourth-order valence-electron chi connectivity index (χ4n) is 3.64. The number of carbonyl (C=O) groups is 1. The number of amides is 1. The van der Waals surface area contributed by atoms with Crippen LogP contribution in [0, 0.1) is 0 Å². The Morgan fingerprint density at radius 1 is 0.886 bits per heavy atom. The molecule has 1 heterocycles. The van der Waals surface area contributed by atoms with Crippen LogP contribution in [0.15, 0.2) is 76.1 Å². The zero-order valence-electron chi connectivity index (χ0n) is 19.6. The maximum Gasteiger partial charge on any atom is 0.258 e. The highest BCUT2D eigenvalue weighted by atomic mass is 16.5. The maximum atomic E-state index is 13.1. The Kier molecular flexibility index (Phi) is 7.21. The van der Waals surface area contributed by atoms with Gasteiger partial charge in [-0.15, -0.1) is 0 Å². The van der Waals surface area contributed by atoms with Crippen LogP contribution in [0.25, 0.3) is 22.1 Å². The summed E-state index contributed by atoms with van der Waals surface area (Å²) in [6.07, 6.45) is 1.40. The lowest BCUT2D eigenvalue weighted by molar-refractivity contribution is -0.123. The third-order valence-corrected chi connectivity index (χ3v) is 5.48. The topological polar surface area (TPSA) is 96.2 Å². The average molecular weight is 475 g/mol. The average Bonchev–Trinajstić information content (AvgIpc) is 2.90. The monoisotopic (exact) mass is 475 g/mol. The molecule has 1 amide bonds. The number of fused-ring (bicyclic) bond motifs is 1. The van der Waals surface area contributed by atoms with Crippen molar-refractivity contribution >= 4 is 16.9 Å². The lowest BCUT2D eigenvalue weighted by atomic mass is 10.0. The normalized spacial score (nSPS) is 10.6. The standard InChI is InChI=1S/C27H25NO7/c1-31-22-7-5-4-6-18(22)14-28-26(29)16-34-19-9-10-20-24(13-19)35-15-21(27(20)30)17-8-11-23(32-2)25(12-17)33-3/h4-13,15H,14,16H2,1-3H3,(H,28,29). The van der Waals surface area contributed by atoms with Gasteiger partial charge in [-0.1, -0.05) is 24.3 Å². The number of para-hydroxylation sites is 1. The number of hydrogen-bond acceptors (Lipinski definition) is 7. The van der Waals surface area contributed by atoms with E-state index in [0.29, 0.717) is 51.6 Å². The highest BCUT2D eigenvalue weighted by Gasteiger charge is 2.13. The first-order chi connectivity index (χ1) is 17.0. The van der Waals surface area contributed by atoms with E-state index in [4.69, 9.17) is 23.4 Å². The second-order valence-electron chi connectivity index (χ2n) is 7.58. The first kappa shape index (κ1) is 23.7. The molecule has 0 radical (unpaired) electrons. The number of ether oxygens (including phenoxy) is 4. The third kappa shape index (κ3) is 5.22. The molecule has 0 saturated carbocycles. The van der Waals surface area contributed by atoms with Crippen molar-refractivity contribution in [3.8, 4) is 34.1 Å². The molecule has 4 rings (SSSR count). The fraction of sp³-hybridized carbons (Fsp3) is 0.185. The Morgan fingerprint density at radius 2 is 1.66 bits per heavy atom. The quantitative estimate of drug-likeness (QED) is 0.388. The van der Waals surface area contributed by atoms with E-state index in [2.05, 4.69) is 5.32 Å². The van der Waals surface area contributed by atoms with E-state index in [1.165, 1.54) is 13.4 Å². The molecule has 1 aromatic heterocycles. The summed E-state index contributed by atoms with van der Waals surface area (Å²) in [5, 5.41) is 3.19. The lowest BCUT2D eigenvalue weighted by Gasteiger charge is -2.11. The number of nitrogens with one attached hydrogen (secondary N) is 1. The molecule has 0 atom stereocenters. The number of benzene rings is 3. The summed E-state index contributed by atoms with van der Waals surface area (Å²) in [6.45, 7) is 0.131. The first-order valence-corrected chi connectivity index (χ1v) is 10.8. The van der Waals surface area contributed by atoms with E-state index < -0.39 is 0 Å². The van der Waals surface area contributed by atoms with Gasteiger partial charge in [0.1, 0.15) is 23.3 Å². The summed E-state index contributed by atoms with van der Waals surface area (Å²) >= 11 is 0. The van der Waals surface area contributed by atoms with Crippen LogP contribution in [-0.2, 0) is 11.3 Å². The number of hydrogen-bond donors (Lipinski definition) is 1. The molecule has 0 spiro atoms. The van der Waals surface area contributed by atoms with E-state index in [1.807, 2.05) is 24.3 Å². The molecule has 1 N–H and O–H groups in total. The van der Waals surface area contributed by atoms with Gasteiger partial charge in [0, 0.05) is 18.2 Å². The summed E-state index contributed by atoms with van der Waals surface area (Å²) in [5.74, 6) is 1.89. The van der Waals surface area contributed by atoms with Crippen LogP contribution in [0.1, 0.15) is 5.56 Å². The van der Waals surface area contributed by atoms with Crippen LogP contribution >= 0.6 is 0 Å². The third-order valence-electron chi connectivity index (χ3n) is 5.48. The van der Waals surface area contributed by atoms with Crippen molar-refractivity contribution in [2.75, 3.05) is 27.9 Å². The summed E-state index contributed by atoms with van der Waals surface area (Å²) in [5.41, 5.74) is 2.06. The van der Waals surface area contributed by atoms with Crippen molar-refractivity contribution in [2.24, 2.45) is 0 Å². The molecule has 4 aromatic rings. The minimum atomic E-state index is -0.291. The maximum absolute atomic E-state index is 13.1. The van der Waals surface area contributed by atoms with Crippen LogP contribution in [0.3, 0.4) is 0 Å². The van der Waals surface area contributed by atoms with E-state index in [9.17, 15) is 9.59 Å². The van der Waals surface area contributed by atoms with E-state index in [-0.39, 0.29) is 17.9 Å². The Balaban J connectivity index is 1.46. The number of methoxy groups -OCH3 is 3. The highest BCUT2D eigenvalue weighted by Crippen LogP contribution is 2.32. The molecule has 180 valence electrons. The van der Waals surface area contributed by atoms with Gasteiger partial charge in [-0.3, -0.25) is 9.59 Å². The van der Waals surface area contributed by atoms with Crippen molar-refractivity contribution in [3.63, 3.8) is 0 Å². The van der Waals surface area contributed by atoms with Crippen LogP contribution in [0.2, 0.25) is 0 Å². The number of rotatable bonds is 9. The number of carbonyl (C=O) groups excluding carboxylic acids is 1. The van der Waals surface area contributed by atoms with Crippen molar-refractivity contribution in [3.05, 3.63) is 82.7 Å². The second-order valence-corrected chi connectivity index (χ2v) is 7.58. The minimum Gasteiger partial charge on any atom is -0.496 e. The van der Waals surface area contributed by atoms with E-state index in [1.54, 1.807) is 50.6 Å². The molecule has 35 heavy (non-hydrogen) atoms. The van der Waals surface area contributed by atoms with Crippen molar-refractivity contribution in [2.45, 2.75) is 6.54 Å². The summed E-state index contributed by atoms with van der Waals surface area (Å²) in [4.78, 5) is 25.3. The van der Waals surface area contributed by atoms with Gasteiger partial charge < -0.3 is 28.7 Å².